The van der Waals surface area contributed by atoms with E-state index >= 15 is 0 Å². The van der Waals surface area contributed by atoms with Crippen molar-refractivity contribution < 1.29 is 0 Å². The Morgan fingerprint density at radius 2 is 1.04 bits per heavy atom. The van der Waals surface area contributed by atoms with E-state index in [2.05, 4.69) is 179 Å². The fourth-order valence-corrected chi connectivity index (χ4v) is 8.86. The lowest BCUT2D eigenvalue weighted by Crippen LogP contribution is -2.05. The summed E-state index contributed by atoms with van der Waals surface area (Å²) in [6.07, 6.45) is 0. The molecule has 0 aliphatic rings. The van der Waals surface area contributed by atoms with Gasteiger partial charge in [0.1, 0.15) is 5.69 Å². The van der Waals surface area contributed by atoms with Crippen molar-refractivity contribution in [1.82, 2.24) is 18.9 Å². The molecule has 0 aliphatic heterocycles. The van der Waals surface area contributed by atoms with Gasteiger partial charge in [-0.1, -0.05) is 146 Å². The second-order valence-electron chi connectivity index (χ2n) is 13.7. The summed E-state index contributed by atoms with van der Waals surface area (Å²) in [5.41, 5.74) is 11.8. The molecule has 12 aromatic rings. The van der Waals surface area contributed by atoms with E-state index in [1.165, 1.54) is 48.9 Å². The van der Waals surface area contributed by atoms with Crippen molar-refractivity contribution >= 4 is 81.7 Å². The smallest absolute Gasteiger partial charge is 0.165 e. The fraction of sp³-hybridized carbons (Fsp3) is 0. The molecular weight excluding hydrogens is 633 g/mol. The maximum absolute atomic E-state index is 5.68. The van der Waals surface area contributed by atoms with Gasteiger partial charge in [0.25, 0.3) is 0 Å². The Hall–Kier alpha value is -7.04. The zero-order chi connectivity index (χ0) is 33.9. The van der Waals surface area contributed by atoms with Crippen LogP contribution in [0.15, 0.2) is 170 Å². The molecule has 12 rings (SSSR count). The van der Waals surface area contributed by atoms with Crippen LogP contribution in [0.2, 0.25) is 0 Å². The predicted octanol–water partition coefficient (Wildman–Crippen LogP) is 12.4. The van der Waals surface area contributed by atoms with Gasteiger partial charge < -0.3 is 4.40 Å². The van der Waals surface area contributed by atoms with Gasteiger partial charge in [-0.05, 0) is 40.6 Å². The van der Waals surface area contributed by atoms with Crippen molar-refractivity contribution in [2.24, 2.45) is 0 Å². The first-order valence-electron chi connectivity index (χ1n) is 17.8. The van der Waals surface area contributed by atoms with Gasteiger partial charge in [0.2, 0.25) is 0 Å². The minimum Gasteiger partial charge on any atom is -0.308 e. The molecule has 52 heavy (non-hydrogen) atoms. The van der Waals surface area contributed by atoms with Crippen molar-refractivity contribution in [3.63, 3.8) is 0 Å². The van der Waals surface area contributed by atoms with Gasteiger partial charge in [0.05, 0.1) is 38.6 Å². The van der Waals surface area contributed by atoms with Crippen molar-refractivity contribution in [2.45, 2.75) is 0 Å². The van der Waals surface area contributed by atoms with Gasteiger partial charge in [0, 0.05) is 43.4 Å². The summed E-state index contributed by atoms with van der Waals surface area (Å²) in [5, 5.41) is 9.66. The van der Waals surface area contributed by atoms with Crippen molar-refractivity contribution in [3.8, 4) is 28.2 Å². The van der Waals surface area contributed by atoms with Gasteiger partial charge in [-0.3, -0.25) is 4.57 Å². The molecule has 4 heteroatoms. The van der Waals surface area contributed by atoms with Gasteiger partial charge in [-0.25, -0.2) is 9.97 Å². The SMILES string of the molecule is c1ccc(-c2nc3ccc4ccccc4c3nc2-n2c3cccc4c5cccc6c7ccccc7n(c7ccc(-c8ccccc8)c2c7c43)c56)cc1. The normalized spacial score (nSPS) is 12.2. The highest BCUT2D eigenvalue weighted by molar-refractivity contribution is 6.32. The fourth-order valence-electron chi connectivity index (χ4n) is 8.86. The number of rotatable bonds is 3. The third kappa shape index (κ3) is 3.60. The lowest BCUT2D eigenvalue weighted by atomic mass is 9.99. The van der Waals surface area contributed by atoms with E-state index in [-0.39, 0.29) is 0 Å². The highest BCUT2D eigenvalue weighted by Gasteiger charge is 2.26. The van der Waals surface area contributed by atoms with Crippen LogP contribution >= 0.6 is 0 Å². The Labute approximate surface area is 297 Å². The molecule has 0 N–H and O–H groups in total. The first kappa shape index (κ1) is 27.7. The van der Waals surface area contributed by atoms with Crippen LogP contribution in [0.3, 0.4) is 0 Å². The quantitative estimate of drug-likeness (QED) is 0.177. The highest BCUT2D eigenvalue weighted by atomic mass is 15.1. The summed E-state index contributed by atoms with van der Waals surface area (Å²) < 4.78 is 4.91. The Morgan fingerprint density at radius 1 is 0.385 bits per heavy atom. The number of para-hydroxylation sites is 2. The number of hydrogen-bond donors (Lipinski definition) is 0. The molecule has 0 unspecified atom stereocenters. The predicted molar refractivity (Wildman–Crippen MR) is 217 cm³/mol. The zero-order valence-electron chi connectivity index (χ0n) is 28.0. The molecule has 0 saturated heterocycles. The van der Waals surface area contributed by atoms with Crippen LogP contribution in [0, 0.1) is 0 Å². The summed E-state index contributed by atoms with van der Waals surface area (Å²) in [6, 6.07) is 61.0. The van der Waals surface area contributed by atoms with Gasteiger partial charge in [0.15, 0.2) is 5.82 Å². The molecule has 8 aromatic carbocycles. The van der Waals surface area contributed by atoms with Crippen LogP contribution in [0.25, 0.3) is 110 Å². The standard InChI is InChI=1S/C48H28N4/c1-3-13-29(14-4-1)33-26-28-41-43-42-35(37-22-11-21-36-34-19-9-10-23-39(34)51(41)46(36)37)20-12-24-40(42)52(47(33)43)48-44(31-16-5-2-6-17-31)49-38-27-25-30-15-7-8-18-32(30)45(38)50-48/h1-28H. The van der Waals surface area contributed by atoms with E-state index < -0.39 is 0 Å². The van der Waals surface area contributed by atoms with E-state index in [4.69, 9.17) is 9.97 Å². The molecule has 0 radical (unpaired) electrons. The summed E-state index contributed by atoms with van der Waals surface area (Å²) in [7, 11) is 0. The molecule has 0 bridgehead atoms. The maximum atomic E-state index is 5.68. The van der Waals surface area contributed by atoms with E-state index in [0.717, 1.165) is 61.0 Å². The number of aromatic nitrogens is 4. The first-order valence-corrected chi connectivity index (χ1v) is 17.8. The average Bonchev–Trinajstić information content (AvgIpc) is 3.70. The highest BCUT2D eigenvalue weighted by Crippen LogP contribution is 2.47. The minimum atomic E-state index is 0.818. The Bertz CT molecular complexity index is 3390. The summed E-state index contributed by atoms with van der Waals surface area (Å²) >= 11 is 0. The Kier molecular flexibility index (Phi) is 5.47. The maximum Gasteiger partial charge on any atom is 0.165 e. The molecule has 0 atom stereocenters. The lowest BCUT2D eigenvalue weighted by molar-refractivity contribution is 1.08. The van der Waals surface area contributed by atoms with Gasteiger partial charge >= 0.3 is 0 Å². The van der Waals surface area contributed by atoms with Gasteiger partial charge in [-0.15, -0.1) is 0 Å². The molecule has 4 nitrogen and oxygen atoms in total. The number of benzene rings is 8. The molecule has 0 fully saturated rings. The second-order valence-corrected chi connectivity index (χ2v) is 13.7. The molecular formula is C48H28N4. The largest absolute Gasteiger partial charge is 0.308 e. The summed E-state index contributed by atoms with van der Waals surface area (Å²) in [4.78, 5) is 11.1. The van der Waals surface area contributed by atoms with Crippen LogP contribution in [0.1, 0.15) is 0 Å². The zero-order valence-corrected chi connectivity index (χ0v) is 28.0. The van der Waals surface area contributed by atoms with Crippen LogP contribution in [-0.2, 0) is 0 Å². The lowest BCUT2D eigenvalue weighted by Gasteiger charge is -2.16. The average molecular weight is 661 g/mol. The minimum absolute atomic E-state index is 0.818. The van der Waals surface area contributed by atoms with Crippen molar-refractivity contribution in [1.29, 1.82) is 0 Å². The van der Waals surface area contributed by atoms with E-state index in [0.29, 0.717) is 0 Å². The summed E-state index contributed by atoms with van der Waals surface area (Å²) in [5.74, 6) is 0.818. The number of nitrogens with zero attached hydrogens (tertiary/aromatic N) is 4. The monoisotopic (exact) mass is 660 g/mol. The van der Waals surface area contributed by atoms with Crippen LogP contribution in [0.5, 0.6) is 0 Å². The Morgan fingerprint density at radius 3 is 1.88 bits per heavy atom. The number of hydrogen-bond acceptors (Lipinski definition) is 2. The van der Waals surface area contributed by atoms with Crippen molar-refractivity contribution in [3.05, 3.63) is 170 Å². The van der Waals surface area contributed by atoms with E-state index in [9.17, 15) is 0 Å². The topological polar surface area (TPSA) is 35.1 Å². The third-order valence-corrected chi connectivity index (χ3v) is 11.0. The van der Waals surface area contributed by atoms with Crippen LogP contribution < -0.4 is 0 Å². The molecule has 4 heterocycles. The first-order chi connectivity index (χ1) is 25.8. The van der Waals surface area contributed by atoms with Gasteiger partial charge in [-0.2, -0.15) is 0 Å². The molecule has 0 saturated carbocycles. The molecule has 240 valence electrons. The second kappa shape index (κ2) is 10.3. The van der Waals surface area contributed by atoms with E-state index in [1.54, 1.807) is 0 Å². The van der Waals surface area contributed by atoms with Crippen LogP contribution in [0.4, 0.5) is 0 Å². The third-order valence-electron chi connectivity index (χ3n) is 11.0. The summed E-state index contributed by atoms with van der Waals surface area (Å²) in [6.45, 7) is 0. The van der Waals surface area contributed by atoms with E-state index in [1.807, 2.05) is 0 Å². The van der Waals surface area contributed by atoms with Crippen LogP contribution in [-0.4, -0.2) is 18.9 Å². The molecule has 0 aliphatic carbocycles. The number of fused-ring (bicyclic) bond motifs is 8. The van der Waals surface area contributed by atoms with Crippen molar-refractivity contribution in [2.75, 3.05) is 0 Å². The molecule has 0 spiro atoms. The molecule has 4 aromatic heterocycles. The molecule has 0 amide bonds. The Balaban J connectivity index is 1.38.